The Kier molecular flexibility index (Phi) is 5.46. The van der Waals surface area contributed by atoms with E-state index in [9.17, 15) is 4.79 Å². The van der Waals surface area contributed by atoms with Crippen molar-refractivity contribution in [2.75, 3.05) is 11.9 Å². The minimum absolute atomic E-state index is 0.0405. The molecular weight excluding hydrogens is 214 g/mol. The first-order valence-corrected chi connectivity index (χ1v) is 6.18. The van der Waals surface area contributed by atoms with Crippen LogP contribution in [-0.4, -0.2) is 23.5 Å². The predicted molar refractivity (Wildman–Crippen MR) is 70.2 cm³/mol. The van der Waals surface area contributed by atoms with E-state index in [1.54, 1.807) is 18.3 Å². The van der Waals surface area contributed by atoms with Crippen molar-refractivity contribution in [1.29, 1.82) is 0 Å². The van der Waals surface area contributed by atoms with E-state index >= 15 is 0 Å². The SMILES string of the molecule is CCCNc1cc(C(=O)NC(C)CC)ccn1. The Balaban J connectivity index is 2.66. The van der Waals surface area contributed by atoms with Crippen molar-refractivity contribution < 1.29 is 4.79 Å². The van der Waals surface area contributed by atoms with Gasteiger partial charge in [-0.3, -0.25) is 4.79 Å². The molecule has 17 heavy (non-hydrogen) atoms. The monoisotopic (exact) mass is 235 g/mol. The molecule has 0 fully saturated rings. The Hall–Kier alpha value is -1.58. The fourth-order valence-corrected chi connectivity index (χ4v) is 1.33. The molecule has 4 nitrogen and oxygen atoms in total. The normalized spacial score (nSPS) is 11.9. The highest BCUT2D eigenvalue weighted by atomic mass is 16.1. The third-order valence-electron chi connectivity index (χ3n) is 2.57. The summed E-state index contributed by atoms with van der Waals surface area (Å²) in [4.78, 5) is 16.0. The Morgan fingerprint density at radius 2 is 2.24 bits per heavy atom. The lowest BCUT2D eigenvalue weighted by Crippen LogP contribution is -2.31. The summed E-state index contributed by atoms with van der Waals surface area (Å²) in [6, 6.07) is 3.71. The average Bonchev–Trinajstić information content (AvgIpc) is 2.36. The largest absolute Gasteiger partial charge is 0.370 e. The molecule has 1 aromatic rings. The number of nitrogens with zero attached hydrogens (tertiary/aromatic N) is 1. The summed E-state index contributed by atoms with van der Waals surface area (Å²) in [5.41, 5.74) is 0.652. The number of pyridine rings is 1. The minimum atomic E-state index is -0.0405. The fourth-order valence-electron chi connectivity index (χ4n) is 1.33. The molecular formula is C13H21N3O. The standard InChI is InChI=1S/C13H21N3O/c1-4-7-14-12-9-11(6-8-15-12)13(17)16-10(3)5-2/h6,8-10H,4-5,7H2,1-3H3,(H,14,15)(H,16,17). The predicted octanol–water partition coefficient (Wildman–Crippen LogP) is 2.43. The van der Waals surface area contributed by atoms with Crippen molar-refractivity contribution in [1.82, 2.24) is 10.3 Å². The van der Waals surface area contributed by atoms with E-state index in [1.165, 1.54) is 0 Å². The summed E-state index contributed by atoms with van der Waals surface area (Å²) in [5.74, 6) is 0.713. The molecule has 1 atom stereocenters. The number of aromatic nitrogens is 1. The molecule has 0 aliphatic heterocycles. The summed E-state index contributed by atoms with van der Waals surface area (Å²) in [6.45, 7) is 7.00. The molecule has 2 N–H and O–H groups in total. The summed E-state index contributed by atoms with van der Waals surface area (Å²) in [6.07, 6.45) is 3.62. The minimum Gasteiger partial charge on any atom is -0.370 e. The lowest BCUT2D eigenvalue weighted by Gasteiger charge is -2.12. The Labute approximate surface area is 103 Å². The van der Waals surface area contributed by atoms with Gasteiger partial charge in [0.25, 0.3) is 5.91 Å². The van der Waals surface area contributed by atoms with E-state index in [2.05, 4.69) is 22.5 Å². The van der Waals surface area contributed by atoms with Crippen LogP contribution in [0, 0.1) is 0 Å². The first-order chi connectivity index (χ1) is 8.17. The molecule has 1 rings (SSSR count). The van der Waals surface area contributed by atoms with Gasteiger partial charge in [0, 0.05) is 24.3 Å². The van der Waals surface area contributed by atoms with E-state index in [-0.39, 0.29) is 11.9 Å². The Bertz CT molecular complexity index is 365. The fraction of sp³-hybridized carbons (Fsp3) is 0.538. The van der Waals surface area contributed by atoms with Crippen LogP contribution in [0.4, 0.5) is 5.82 Å². The number of anilines is 1. The van der Waals surface area contributed by atoms with Crippen molar-refractivity contribution >= 4 is 11.7 Å². The average molecular weight is 235 g/mol. The van der Waals surface area contributed by atoms with Gasteiger partial charge in [-0.25, -0.2) is 4.98 Å². The summed E-state index contributed by atoms with van der Waals surface area (Å²) < 4.78 is 0. The van der Waals surface area contributed by atoms with Crippen LogP contribution in [0.25, 0.3) is 0 Å². The highest BCUT2D eigenvalue weighted by molar-refractivity contribution is 5.94. The molecule has 1 unspecified atom stereocenters. The van der Waals surface area contributed by atoms with E-state index in [4.69, 9.17) is 0 Å². The highest BCUT2D eigenvalue weighted by Gasteiger charge is 2.08. The smallest absolute Gasteiger partial charge is 0.251 e. The van der Waals surface area contributed by atoms with E-state index in [0.717, 1.165) is 25.2 Å². The van der Waals surface area contributed by atoms with Gasteiger partial charge in [-0.2, -0.15) is 0 Å². The van der Waals surface area contributed by atoms with Crippen LogP contribution in [0.2, 0.25) is 0 Å². The zero-order valence-electron chi connectivity index (χ0n) is 10.8. The first-order valence-electron chi connectivity index (χ1n) is 6.18. The van der Waals surface area contributed by atoms with Gasteiger partial charge in [0.15, 0.2) is 0 Å². The highest BCUT2D eigenvalue weighted by Crippen LogP contribution is 2.07. The first kappa shape index (κ1) is 13.5. The third kappa shape index (κ3) is 4.43. The zero-order chi connectivity index (χ0) is 12.7. The summed E-state index contributed by atoms with van der Waals surface area (Å²) in [5, 5.41) is 6.10. The molecule has 0 bridgehead atoms. The van der Waals surface area contributed by atoms with Crippen LogP contribution in [0.15, 0.2) is 18.3 Å². The zero-order valence-corrected chi connectivity index (χ0v) is 10.8. The van der Waals surface area contributed by atoms with Gasteiger partial charge in [0.1, 0.15) is 5.82 Å². The second-order valence-electron chi connectivity index (χ2n) is 4.14. The summed E-state index contributed by atoms with van der Waals surface area (Å²) >= 11 is 0. The second-order valence-corrected chi connectivity index (χ2v) is 4.14. The molecule has 0 aliphatic carbocycles. The van der Waals surface area contributed by atoms with Gasteiger partial charge in [-0.05, 0) is 31.9 Å². The van der Waals surface area contributed by atoms with Crippen LogP contribution in [0.5, 0.6) is 0 Å². The molecule has 0 saturated carbocycles. The summed E-state index contributed by atoms with van der Waals surface area (Å²) in [7, 11) is 0. The molecule has 1 amide bonds. The van der Waals surface area contributed by atoms with Gasteiger partial charge in [-0.15, -0.1) is 0 Å². The Morgan fingerprint density at radius 3 is 2.88 bits per heavy atom. The van der Waals surface area contributed by atoms with E-state index < -0.39 is 0 Å². The second kappa shape index (κ2) is 6.89. The molecule has 0 spiro atoms. The number of carbonyl (C=O) groups is 1. The maximum atomic E-state index is 11.9. The van der Waals surface area contributed by atoms with Crippen molar-refractivity contribution in [2.24, 2.45) is 0 Å². The van der Waals surface area contributed by atoms with E-state index in [1.807, 2.05) is 13.8 Å². The lowest BCUT2D eigenvalue weighted by molar-refractivity contribution is 0.0939. The lowest BCUT2D eigenvalue weighted by atomic mass is 10.2. The van der Waals surface area contributed by atoms with E-state index in [0.29, 0.717) is 5.56 Å². The molecule has 0 aromatic carbocycles. The number of hydrogen-bond acceptors (Lipinski definition) is 3. The molecule has 4 heteroatoms. The topological polar surface area (TPSA) is 54.0 Å². The number of amides is 1. The molecule has 0 aliphatic rings. The van der Waals surface area contributed by atoms with Gasteiger partial charge < -0.3 is 10.6 Å². The van der Waals surface area contributed by atoms with Crippen LogP contribution in [0.3, 0.4) is 0 Å². The van der Waals surface area contributed by atoms with Crippen molar-refractivity contribution in [3.8, 4) is 0 Å². The van der Waals surface area contributed by atoms with Crippen LogP contribution in [-0.2, 0) is 0 Å². The number of nitrogens with one attached hydrogen (secondary N) is 2. The van der Waals surface area contributed by atoms with Crippen molar-refractivity contribution in [3.63, 3.8) is 0 Å². The van der Waals surface area contributed by atoms with Gasteiger partial charge in [0.05, 0.1) is 0 Å². The van der Waals surface area contributed by atoms with Crippen molar-refractivity contribution in [3.05, 3.63) is 23.9 Å². The number of hydrogen-bond donors (Lipinski definition) is 2. The quantitative estimate of drug-likeness (QED) is 0.796. The van der Waals surface area contributed by atoms with Crippen LogP contribution in [0.1, 0.15) is 44.0 Å². The van der Waals surface area contributed by atoms with Gasteiger partial charge >= 0.3 is 0 Å². The third-order valence-corrected chi connectivity index (χ3v) is 2.57. The van der Waals surface area contributed by atoms with Gasteiger partial charge in [-0.1, -0.05) is 13.8 Å². The Morgan fingerprint density at radius 1 is 1.47 bits per heavy atom. The van der Waals surface area contributed by atoms with Crippen LogP contribution < -0.4 is 10.6 Å². The maximum absolute atomic E-state index is 11.9. The molecule has 0 radical (unpaired) electrons. The van der Waals surface area contributed by atoms with Gasteiger partial charge in [0.2, 0.25) is 0 Å². The van der Waals surface area contributed by atoms with Crippen LogP contribution >= 0.6 is 0 Å². The maximum Gasteiger partial charge on any atom is 0.251 e. The van der Waals surface area contributed by atoms with Crippen molar-refractivity contribution in [2.45, 2.75) is 39.7 Å². The molecule has 1 aromatic heterocycles. The number of rotatable bonds is 6. The molecule has 0 saturated heterocycles. The molecule has 1 heterocycles. The molecule has 94 valence electrons. The number of carbonyl (C=O) groups excluding carboxylic acids is 1.